The number of imidazole rings is 1. The van der Waals surface area contributed by atoms with Crippen molar-refractivity contribution in [3.8, 4) is 5.88 Å². The van der Waals surface area contributed by atoms with Crippen molar-refractivity contribution in [3.63, 3.8) is 0 Å². The molecule has 1 atom stereocenters. The van der Waals surface area contributed by atoms with Gasteiger partial charge in [0.15, 0.2) is 0 Å². The van der Waals surface area contributed by atoms with Gasteiger partial charge < -0.3 is 31.1 Å². The Morgan fingerprint density at radius 3 is 2.21 bits per heavy atom. The van der Waals surface area contributed by atoms with Gasteiger partial charge in [0.25, 0.3) is 0 Å². The van der Waals surface area contributed by atoms with Crippen LogP contribution in [-0.2, 0) is 27.5 Å². The molecule has 2 aromatic carbocycles. The molecule has 13 heteroatoms. The maximum absolute atomic E-state index is 13.5. The van der Waals surface area contributed by atoms with E-state index in [9.17, 15) is 34.2 Å². The van der Waals surface area contributed by atoms with Gasteiger partial charge in [-0.2, -0.15) is 0 Å². The van der Waals surface area contributed by atoms with Crippen molar-refractivity contribution in [2.75, 3.05) is 17.7 Å². The molecule has 1 aromatic heterocycles. The van der Waals surface area contributed by atoms with E-state index in [1.165, 1.54) is 24.2 Å². The quantitative estimate of drug-likeness (QED) is 0.209. The van der Waals surface area contributed by atoms with Crippen LogP contribution in [0, 0.1) is 30.6 Å². The normalized spacial score (nSPS) is 22.9. The number of rotatable bonds is 11. The molecule has 0 saturated heterocycles. The summed E-state index contributed by atoms with van der Waals surface area (Å²) in [4.78, 5) is 65.2. The summed E-state index contributed by atoms with van der Waals surface area (Å²) in [7, 11) is 1.35. The largest absolute Gasteiger partial charge is 0.493 e. The molecule has 0 spiro atoms. The van der Waals surface area contributed by atoms with Gasteiger partial charge in [0.2, 0.25) is 17.7 Å². The molecule has 4 bridgehead atoms. The summed E-state index contributed by atoms with van der Waals surface area (Å²) >= 11 is 0. The number of carboxylic acids is 1. The van der Waals surface area contributed by atoms with Gasteiger partial charge in [-0.25, -0.2) is 9.59 Å². The number of nitrogens with zero attached hydrogens (tertiary/aromatic N) is 3. The number of hydrogen-bond acceptors (Lipinski definition) is 6. The van der Waals surface area contributed by atoms with Crippen LogP contribution in [0.1, 0.15) is 49.7 Å². The van der Waals surface area contributed by atoms with E-state index in [-0.39, 0.29) is 12.6 Å². The van der Waals surface area contributed by atoms with Crippen LogP contribution < -0.4 is 21.6 Å². The summed E-state index contributed by atoms with van der Waals surface area (Å²) in [5.41, 5.74) is 2.20. The van der Waals surface area contributed by atoms with Crippen molar-refractivity contribution in [1.82, 2.24) is 19.4 Å². The molecular weight excluding hydrogens is 616 g/mol. The van der Waals surface area contributed by atoms with Crippen molar-refractivity contribution < 1.29 is 29.4 Å². The molecule has 0 aliphatic heterocycles. The van der Waals surface area contributed by atoms with Crippen LogP contribution in [0.3, 0.4) is 0 Å². The van der Waals surface area contributed by atoms with E-state index in [0.717, 1.165) is 40.7 Å². The number of aromatic nitrogens is 2. The molecule has 4 amide bonds. The van der Waals surface area contributed by atoms with Crippen LogP contribution in [0.15, 0.2) is 59.5 Å². The van der Waals surface area contributed by atoms with E-state index >= 15 is 0 Å². The zero-order chi connectivity index (χ0) is 34.1. The van der Waals surface area contributed by atoms with Crippen molar-refractivity contribution in [2.45, 2.75) is 70.6 Å². The first kappa shape index (κ1) is 32.9. The summed E-state index contributed by atoms with van der Waals surface area (Å²) in [6, 6.07) is 12.5. The minimum Gasteiger partial charge on any atom is -0.493 e. The lowest BCUT2D eigenvalue weighted by Crippen LogP contribution is -2.59. The molecule has 0 unspecified atom stereocenters. The number of likely N-dealkylation sites (N-methyl/N-ethyl adjacent to an activating group) is 1. The lowest BCUT2D eigenvalue weighted by atomic mass is 9.54. The number of urea groups is 1. The fraction of sp³-hybridized carbons (Fsp3) is 0.457. The number of carbonyl (C=O) groups excluding carboxylic acids is 3. The Labute approximate surface area is 277 Å². The maximum Gasteiger partial charge on any atom is 0.331 e. The Morgan fingerprint density at radius 2 is 1.58 bits per heavy atom. The first-order chi connectivity index (χ1) is 22.9. The number of aromatic hydroxyl groups is 1. The number of hydrogen-bond donors (Lipinski definition) is 5. The molecule has 5 N–H and O–H groups in total. The van der Waals surface area contributed by atoms with Gasteiger partial charge in [-0.3, -0.25) is 23.5 Å². The highest BCUT2D eigenvalue weighted by molar-refractivity contribution is 6.00. The smallest absolute Gasteiger partial charge is 0.331 e. The fourth-order valence-corrected chi connectivity index (χ4v) is 8.08. The highest BCUT2D eigenvalue weighted by Crippen LogP contribution is 2.53. The Hall–Kier alpha value is -5.07. The zero-order valence-electron chi connectivity index (χ0n) is 27.1. The third kappa shape index (κ3) is 7.09. The maximum atomic E-state index is 13.5. The number of carboxylic acid groups (broad SMARTS) is 1. The van der Waals surface area contributed by atoms with E-state index < -0.39 is 54.4 Å². The van der Waals surface area contributed by atoms with E-state index in [2.05, 4.69) is 16.0 Å². The van der Waals surface area contributed by atoms with Crippen molar-refractivity contribution in [3.05, 3.63) is 76.3 Å². The SMILES string of the molecule is Cc1ccccc1NC(=O)Nc1ccc(Cn2cc(O)n(CC(=O)N(C)[C@@H](CC(=O)O)C(=O)NC3C4CC5CC(C4)CC3C5)c2=O)cc1. The lowest BCUT2D eigenvalue weighted by Gasteiger charge is -2.54. The second-order valence-electron chi connectivity index (χ2n) is 13.7. The fourth-order valence-electron chi connectivity index (χ4n) is 8.08. The number of carbonyl (C=O) groups is 4. The number of aliphatic carboxylic acids is 1. The molecule has 7 rings (SSSR count). The lowest BCUT2D eigenvalue weighted by molar-refractivity contribution is -0.147. The molecule has 0 radical (unpaired) electrons. The van der Waals surface area contributed by atoms with Crippen LogP contribution in [-0.4, -0.2) is 67.2 Å². The molecule has 13 nitrogen and oxygen atoms in total. The van der Waals surface area contributed by atoms with Crippen LogP contribution in [0.4, 0.5) is 16.2 Å². The van der Waals surface area contributed by atoms with Crippen molar-refractivity contribution in [1.29, 1.82) is 0 Å². The molecule has 4 fully saturated rings. The minimum absolute atomic E-state index is 0.0219. The Balaban J connectivity index is 1.07. The highest BCUT2D eigenvalue weighted by Gasteiger charge is 2.49. The zero-order valence-corrected chi connectivity index (χ0v) is 27.1. The third-order valence-electron chi connectivity index (χ3n) is 10.3. The number of anilines is 2. The Kier molecular flexibility index (Phi) is 9.29. The van der Waals surface area contributed by atoms with Crippen molar-refractivity contribution >= 4 is 35.2 Å². The summed E-state index contributed by atoms with van der Waals surface area (Å²) < 4.78 is 2.13. The second-order valence-corrected chi connectivity index (χ2v) is 13.7. The number of amides is 4. The monoisotopic (exact) mass is 658 g/mol. The van der Waals surface area contributed by atoms with Gasteiger partial charge in [0.1, 0.15) is 12.6 Å². The second kappa shape index (κ2) is 13.6. The Morgan fingerprint density at radius 1 is 0.938 bits per heavy atom. The van der Waals surface area contributed by atoms with Gasteiger partial charge in [-0.15, -0.1) is 0 Å². The molecule has 48 heavy (non-hydrogen) atoms. The first-order valence-corrected chi connectivity index (χ1v) is 16.4. The van der Waals surface area contributed by atoms with E-state index in [0.29, 0.717) is 40.6 Å². The molecule has 4 aliphatic carbocycles. The standard InChI is InChI=1S/C35H42N6O7/c1-20-5-3-4-6-27(20)37-34(47)36-26-9-7-21(8-10-26)17-40-18-30(43)41(35(40)48)19-29(42)39(2)28(16-31(44)45)33(46)38-32-24-12-22-11-23(14-24)15-25(32)13-22/h3-10,18,22-25,28,32,43H,11-17,19H2,1-2H3,(H,38,46)(H,44,45)(H2,36,37,47)/t22?,23?,24?,25?,28-,32?/m0/s1. The average Bonchev–Trinajstić information content (AvgIpc) is 3.29. The predicted molar refractivity (Wildman–Crippen MR) is 178 cm³/mol. The van der Waals surface area contributed by atoms with Crippen molar-refractivity contribution in [2.24, 2.45) is 23.7 Å². The van der Waals surface area contributed by atoms with E-state index in [4.69, 9.17) is 0 Å². The third-order valence-corrected chi connectivity index (χ3v) is 10.3. The van der Waals surface area contributed by atoms with Gasteiger partial charge in [-0.1, -0.05) is 30.3 Å². The van der Waals surface area contributed by atoms with Gasteiger partial charge >= 0.3 is 17.7 Å². The molecule has 1 heterocycles. The summed E-state index contributed by atoms with van der Waals surface area (Å²) in [6.45, 7) is 1.40. The molecule has 254 valence electrons. The van der Waals surface area contributed by atoms with Crippen LogP contribution in [0.5, 0.6) is 5.88 Å². The van der Waals surface area contributed by atoms with Crippen LogP contribution in [0.25, 0.3) is 0 Å². The number of nitrogens with one attached hydrogen (secondary N) is 3. The Bertz CT molecular complexity index is 1740. The summed E-state index contributed by atoms with van der Waals surface area (Å²) in [5, 5.41) is 28.8. The molecule has 3 aromatic rings. The molecule has 4 aliphatic rings. The molecular formula is C35H42N6O7. The minimum atomic E-state index is -1.27. The van der Waals surface area contributed by atoms with Gasteiger partial charge in [0, 0.05) is 24.5 Å². The van der Waals surface area contributed by atoms with Gasteiger partial charge in [0.05, 0.1) is 19.2 Å². The predicted octanol–water partition coefficient (Wildman–Crippen LogP) is 3.60. The molecule has 4 saturated carbocycles. The number of benzene rings is 2. The van der Waals surface area contributed by atoms with Crippen LogP contribution >= 0.6 is 0 Å². The summed E-state index contributed by atoms with van der Waals surface area (Å²) in [5.74, 6) is -0.693. The average molecular weight is 659 g/mol. The summed E-state index contributed by atoms with van der Waals surface area (Å²) in [6.07, 6.45) is 6.18. The first-order valence-electron chi connectivity index (χ1n) is 16.4. The number of aryl methyl sites for hydroxylation is 1. The topological polar surface area (TPSA) is 175 Å². The van der Waals surface area contributed by atoms with E-state index in [1.54, 1.807) is 30.3 Å². The van der Waals surface area contributed by atoms with Crippen LogP contribution in [0.2, 0.25) is 0 Å². The van der Waals surface area contributed by atoms with E-state index in [1.807, 2.05) is 25.1 Å². The number of para-hydroxylation sites is 1. The highest BCUT2D eigenvalue weighted by atomic mass is 16.4. The van der Waals surface area contributed by atoms with Gasteiger partial charge in [-0.05, 0) is 92.0 Å².